The molecule has 12 heteroatoms. The van der Waals surface area contributed by atoms with Crippen molar-refractivity contribution in [1.82, 2.24) is 10.2 Å². The maximum Gasteiger partial charge on any atom is 0.301 e. The van der Waals surface area contributed by atoms with E-state index < -0.39 is 17.7 Å². The zero-order valence-electron chi connectivity index (χ0n) is 24.1. The molecule has 0 spiro atoms. The van der Waals surface area contributed by atoms with Crippen molar-refractivity contribution in [1.29, 1.82) is 0 Å². The third-order valence-corrected chi connectivity index (χ3v) is 10.6. The van der Waals surface area contributed by atoms with Crippen LogP contribution in [0.4, 0.5) is 5.13 Å². The number of thioether (sulfide) groups is 1. The summed E-state index contributed by atoms with van der Waals surface area (Å²) in [7, 11) is 0. The molecule has 1 aliphatic heterocycles. The van der Waals surface area contributed by atoms with E-state index in [1.54, 1.807) is 42.5 Å². The van der Waals surface area contributed by atoms with Gasteiger partial charge in [0.25, 0.3) is 5.78 Å². The lowest BCUT2D eigenvalue weighted by Crippen LogP contribution is -2.29. The zero-order valence-corrected chi connectivity index (χ0v) is 28.0. The number of anilines is 1. The van der Waals surface area contributed by atoms with Crippen LogP contribution in [0.25, 0.3) is 5.76 Å². The van der Waals surface area contributed by atoms with Crippen LogP contribution in [0, 0.1) is 6.92 Å². The van der Waals surface area contributed by atoms with E-state index in [0.29, 0.717) is 43.6 Å². The van der Waals surface area contributed by atoms with Crippen molar-refractivity contribution >= 4 is 80.5 Å². The van der Waals surface area contributed by atoms with Gasteiger partial charge in [0.1, 0.15) is 18.1 Å². The number of hydrogen-bond donors (Lipinski definition) is 1. The summed E-state index contributed by atoms with van der Waals surface area (Å²) >= 11 is 21.4. The number of aliphatic hydroxyl groups is 1. The Labute approximate surface area is 288 Å². The number of hydrogen-bond acceptors (Lipinski definition) is 8. The molecule has 0 radical (unpaired) electrons. The Hall–Kier alpha value is -3.86. The second-order valence-corrected chi connectivity index (χ2v) is 13.7. The Kier molecular flexibility index (Phi) is 9.67. The standard InChI is InChI=1S/C34H24Cl3N3O4S2/c1-19-6-2-3-7-22(19)17-44-24-13-10-20(11-14-24)30(41)28-29(21-12-15-26(36)27(37)16-21)40(32(43)31(28)42)33-38-39-34(46-33)45-18-23-8-4-5-9-25(23)35/h2-16,29,41H,17-18H2,1H3/b30-28+. The number of Topliss-reactive ketones (excluding diaryl/α,β-unsaturated/α-hetero) is 1. The molecule has 7 nitrogen and oxygen atoms in total. The fraction of sp³-hybridized carbons (Fsp3) is 0.118. The summed E-state index contributed by atoms with van der Waals surface area (Å²) < 4.78 is 6.52. The molecule has 46 heavy (non-hydrogen) atoms. The number of nitrogens with zero attached hydrogens (tertiary/aromatic N) is 3. The second kappa shape index (κ2) is 13.9. The largest absolute Gasteiger partial charge is 0.507 e. The van der Waals surface area contributed by atoms with Gasteiger partial charge in [-0.1, -0.05) is 106 Å². The molecule has 1 N–H and O–H groups in total. The fourth-order valence-corrected chi connectivity index (χ4v) is 7.40. The number of aryl methyl sites for hydroxylation is 1. The molecular weight excluding hydrogens is 685 g/mol. The SMILES string of the molecule is Cc1ccccc1COc1ccc(/C(O)=C2\C(=O)C(=O)N(c3nnc(SCc4ccccc4Cl)s3)C2c2ccc(Cl)c(Cl)c2)cc1. The first kappa shape index (κ1) is 32.1. The molecule has 1 atom stereocenters. The molecule has 1 saturated heterocycles. The van der Waals surface area contributed by atoms with Crippen LogP contribution in [0.5, 0.6) is 5.75 Å². The average Bonchev–Trinajstić information content (AvgIpc) is 3.63. The van der Waals surface area contributed by atoms with Crippen molar-refractivity contribution in [2.75, 3.05) is 4.90 Å². The summed E-state index contributed by atoms with van der Waals surface area (Å²) in [6, 6.07) is 25.8. The van der Waals surface area contributed by atoms with Crippen LogP contribution >= 0.6 is 57.9 Å². The van der Waals surface area contributed by atoms with E-state index >= 15 is 0 Å². The average molecular weight is 709 g/mol. The predicted molar refractivity (Wildman–Crippen MR) is 184 cm³/mol. The van der Waals surface area contributed by atoms with Gasteiger partial charge in [-0.05, 0) is 71.6 Å². The van der Waals surface area contributed by atoms with E-state index in [2.05, 4.69) is 10.2 Å². The topological polar surface area (TPSA) is 92.6 Å². The van der Waals surface area contributed by atoms with Gasteiger partial charge in [-0.15, -0.1) is 10.2 Å². The molecule has 232 valence electrons. The minimum Gasteiger partial charge on any atom is -0.507 e. The van der Waals surface area contributed by atoms with Gasteiger partial charge in [-0.25, -0.2) is 0 Å². The summed E-state index contributed by atoms with van der Waals surface area (Å²) in [5.41, 5.74) is 3.78. The molecule has 1 amide bonds. The van der Waals surface area contributed by atoms with E-state index in [-0.39, 0.29) is 21.5 Å². The maximum absolute atomic E-state index is 13.6. The number of aliphatic hydroxyl groups excluding tert-OH is 1. The molecule has 0 bridgehead atoms. The van der Waals surface area contributed by atoms with Crippen molar-refractivity contribution < 1.29 is 19.4 Å². The summed E-state index contributed by atoms with van der Waals surface area (Å²) in [6.07, 6.45) is 0. The van der Waals surface area contributed by atoms with Gasteiger partial charge in [-0.2, -0.15) is 0 Å². The molecule has 1 unspecified atom stereocenters. The van der Waals surface area contributed by atoms with Crippen LogP contribution in [0.15, 0.2) is 101 Å². The van der Waals surface area contributed by atoms with Gasteiger partial charge in [-0.3, -0.25) is 14.5 Å². The van der Waals surface area contributed by atoms with Gasteiger partial charge in [0.2, 0.25) is 5.13 Å². The lowest BCUT2D eigenvalue weighted by Gasteiger charge is -2.23. The van der Waals surface area contributed by atoms with Crippen LogP contribution in [0.3, 0.4) is 0 Å². The molecule has 1 aromatic heterocycles. The van der Waals surface area contributed by atoms with Crippen molar-refractivity contribution in [3.05, 3.63) is 139 Å². The van der Waals surface area contributed by atoms with E-state index in [9.17, 15) is 14.7 Å². The summed E-state index contributed by atoms with van der Waals surface area (Å²) in [4.78, 5) is 28.4. The minimum atomic E-state index is -1.04. The molecular formula is C34H24Cl3N3O4S2. The Morgan fingerprint density at radius 2 is 1.61 bits per heavy atom. The smallest absolute Gasteiger partial charge is 0.301 e. The van der Waals surface area contributed by atoms with E-state index in [1.165, 1.54) is 16.7 Å². The normalized spacial score (nSPS) is 15.8. The van der Waals surface area contributed by atoms with Crippen LogP contribution in [-0.2, 0) is 21.9 Å². The highest BCUT2D eigenvalue weighted by Crippen LogP contribution is 2.45. The van der Waals surface area contributed by atoms with Crippen molar-refractivity contribution in [3.8, 4) is 5.75 Å². The number of benzene rings is 4. The highest BCUT2D eigenvalue weighted by Gasteiger charge is 2.48. The van der Waals surface area contributed by atoms with Crippen molar-refractivity contribution in [2.45, 2.75) is 29.7 Å². The summed E-state index contributed by atoms with van der Waals surface area (Å²) in [6.45, 7) is 2.39. The first-order chi connectivity index (χ1) is 22.2. The van der Waals surface area contributed by atoms with Crippen LogP contribution < -0.4 is 9.64 Å². The number of ketones is 1. The number of aromatic nitrogens is 2. The number of carbonyl (C=O) groups is 2. The number of halogens is 3. The lowest BCUT2D eigenvalue weighted by atomic mass is 9.95. The van der Waals surface area contributed by atoms with Gasteiger partial charge in [0.05, 0.1) is 21.7 Å². The molecule has 5 aromatic rings. The summed E-state index contributed by atoms with van der Waals surface area (Å²) in [5, 5.41) is 21.4. The van der Waals surface area contributed by atoms with Crippen LogP contribution in [0.1, 0.15) is 33.9 Å². The number of rotatable bonds is 9. The summed E-state index contributed by atoms with van der Waals surface area (Å²) in [5.74, 6) is -0.950. The highest BCUT2D eigenvalue weighted by atomic mass is 35.5. The number of carbonyl (C=O) groups excluding carboxylic acids is 2. The first-order valence-corrected chi connectivity index (χ1v) is 16.9. The van der Waals surface area contributed by atoms with Crippen molar-refractivity contribution in [2.24, 2.45) is 0 Å². The van der Waals surface area contributed by atoms with Crippen LogP contribution in [0.2, 0.25) is 15.1 Å². The molecule has 4 aromatic carbocycles. The van der Waals surface area contributed by atoms with Crippen LogP contribution in [-0.4, -0.2) is 27.0 Å². The second-order valence-electron chi connectivity index (χ2n) is 10.3. The Bertz CT molecular complexity index is 1980. The molecule has 6 rings (SSSR count). The first-order valence-electron chi connectivity index (χ1n) is 13.9. The Morgan fingerprint density at radius 1 is 0.891 bits per heavy atom. The number of ether oxygens (including phenoxy) is 1. The molecule has 2 heterocycles. The van der Waals surface area contributed by atoms with E-state index in [0.717, 1.165) is 28.0 Å². The zero-order chi connectivity index (χ0) is 32.4. The van der Waals surface area contributed by atoms with Gasteiger partial charge < -0.3 is 9.84 Å². The number of amides is 1. The molecule has 0 aliphatic carbocycles. The van der Waals surface area contributed by atoms with Gasteiger partial charge in [0, 0.05) is 16.3 Å². The Morgan fingerprint density at radius 3 is 2.33 bits per heavy atom. The lowest BCUT2D eigenvalue weighted by molar-refractivity contribution is -0.132. The fourth-order valence-electron chi connectivity index (χ4n) is 4.94. The third-order valence-electron chi connectivity index (χ3n) is 7.40. The van der Waals surface area contributed by atoms with E-state index in [4.69, 9.17) is 39.5 Å². The quantitative estimate of drug-likeness (QED) is 0.0537. The van der Waals surface area contributed by atoms with Gasteiger partial charge in [0.15, 0.2) is 4.34 Å². The highest BCUT2D eigenvalue weighted by molar-refractivity contribution is 8.00. The minimum absolute atomic E-state index is 0.113. The predicted octanol–water partition coefficient (Wildman–Crippen LogP) is 9.30. The van der Waals surface area contributed by atoms with E-state index in [1.807, 2.05) is 55.5 Å². The van der Waals surface area contributed by atoms with Gasteiger partial charge >= 0.3 is 5.91 Å². The van der Waals surface area contributed by atoms with Crippen molar-refractivity contribution in [3.63, 3.8) is 0 Å². The molecule has 1 aliphatic rings. The monoisotopic (exact) mass is 707 g/mol. The maximum atomic E-state index is 13.6. The third kappa shape index (κ3) is 6.65. The molecule has 0 saturated carbocycles. The Balaban J connectivity index is 1.32. The molecule has 1 fully saturated rings.